The number of thioether (sulfide) groups is 1. The molecule has 0 bridgehead atoms. The Labute approximate surface area is 104 Å². The van der Waals surface area contributed by atoms with Gasteiger partial charge in [0.25, 0.3) is 5.69 Å². The zero-order chi connectivity index (χ0) is 12.3. The van der Waals surface area contributed by atoms with Crippen LogP contribution in [0, 0.1) is 10.1 Å². The summed E-state index contributed by atoms with van der Waals surface area (Å²) < 4.78 is 2.07. The van der Waals surface area contributed by atoms with Gasteiger partial charge in [0, 0.05) is 36.0 Å². The Bertz CT molecular complexity index is 536. The molecular formula is C12H14N2O2S. The van der Waals surface area contributed by atoms with Crippen molar-refractivity contribution in [3.05, 3.63) is 40.6 Å². The van der Waals surface area contributed by atoms with Crippen molar-refractivity contribution >= 4 is 28.4 Å². The van der Waals surface area contributed by atoms with E-state index in [1.54, 1.807) is 18.2 Å². The van der Waals surface area contributed by atoms with Crippen LogP contribution in [0.25, 0.3) is 10.9 Å². The average Bonchev–Trinajstić information content (AvgIpc) is 2.72. The van der Waals surface area contributed by atoms with Crippen LogP contribution in [-0.2, 0) is 6.54 Å². The van der Waals surface area contributed by atoms with Gasteiger partial charge in [-0.1, -0.05) is 6.92 Å². The topological polar surface area (TPSA) is 48.1 Å². The summed E-state index contributed by atoms with van der Waals surface area (Å²) in [6.07, 6.45) is 1.99. The number of aryl methyl sites for hydroxylation is 1. The number of rotatable bonds is 5. The Morgan fingerprint density at radius 1 is 1.41 bits per heavy atom. The second-order valence-corrected chi connectivity index (χ2v) is 5.10. The highest BCUT2D eigenvalue weighted by molar-refractivity contribution is 7.99. The summed E-state index contributed by atoms with van der Waals surface area (Å²) in [5, 5.41) is 11.8. The second kappa shape index (κ2) is 5.23. The number of aromatic nitrogens is 1. The molecule has 4 nitrogen and oxygen atoms in total. The Morgan fingerprint density at radius 2 is 2.24 bits per heavy atom. The smallest absolute Gasteiger partial charge is 0.271 e. The van der Waals surface area contributed by atoms with Crippen molar-refractivity contribution in [2.75, 3.05) is 11.5 Å². The minimum absolute atomic E-state index is 0.153. The summed E-state index contributed by atoms with van der Waals surface area (Å²) in [5.41, 5.74) is 1.09. The van der Waals surface area contributed by atoms with Crippen LogP contribution in [0.1, 0.15) is 6.92 Å². The van der Waals surface area contributed by atoms with Gasteiger partial charge >= 0.3 is 0 Å². The summed E-state index contributed by atoms with van der Waals surface area (Å²) in [7, 11) is 0. The zero-order valence-corrected chi connectivity index (χ0v) is 10.4. The highest BCUT2D eigenvalue weighted by atomic mass is 32.2. The van der Waals surface area contributed by atoms with Crippen molar-refractivity contribution in [3.63, 3.8) is 0 Å². The molecule has 2 aromatic rings. The first-order valence-electron chi connectivity index (χ1n) is 5.53. The standard InChI is InChI=1S/C12H14N2O2S/c1-2-17-8-7-13-6-5-10-3-4-11(14(15)16)9-12(10)13/h3-6,9H,2,7-8H2,1H3. The number of fused-ring (bicyclic) bond motifs is 1. The predicted octanol–water partition coefficient (Wildman–Crippen LogP) is 3.30. The van der Waals surface area contributed by atoms with Gasteiger partial charge in [-0.15, -0.1) is 0 Å². The molecule has 0 radical (unpaired) electrons. The molecule has 0 saturated carbocycles. The summed E-state index contributed by atoms with van der Waals surface area (Å²) in [6.45, 7) is 3.02. The van der Waals surface area contributed by atoms with Crippen molar-refractivity contribution in [1.82, 2.24) is 4.57 Å². The molecule has 0 N–H and O–H groups in total. The number of hydrogen-bond acceptors (Lipinski definition) is 3. The molecule has 90 valence electrons. The van der Waals surface area contributed by atoms with Crippen LogP contribution in [-0.4, -0.2) is 21.0 Å². The molecule has 0 aliphatic carbocycles. The third-order valence-corrected chi connectivity index (χ3v) is 3.53. The summed E-state index contributed by atoms with van der Waals surface area (Å²) in [5.74, 6) is 2.13. The zero-order valence-electron chi connectivity index (χ0n) is 9.63. The summed E-state index contributed by atoms with van der Waals surface area (Å²) in [4.78, 5) is 10.4. The van der Waals surface area contributed by atoms with Crippen LogP contribution >= 0.6 is 11.8 Å². The van der Waals surface area contributed by atoms with Crippen molar-refractivity contribution in [3.8, 4) is 0 Å². The number of hydrogen-bond donors (Lipinski definition) is 0. The van der Waals surface area contributed by atoms with E-state index in [4.69, 9.17) is 0 Å². The SMILES string of the molecule is CCSCCn1ccc2ccc([N+](=O)[O-])cc21. The first-order valence-corrected chi connectivity index (χ1v) is 6.69. The molecule has 0 saturated heterocycles. The number of nitrogens with zero attached hydrogens (tertiary/aromatic N) is 2. The van der Waals surface area contributed by atoms with Gasteiger partial charge in [-0.3, -0.25) is 10.1 Å². The molecule has 0 aliphatic heterocycles. The second-order valence-electron chi connectivity index (χ2n) is 3.71. The van der Waals surface area contributed by atoms with Crippen LogP contribution in [0.5, 0.6) is 0 Å². The Morgan fingerprint density at radius 3 is 2.94 bits per heavy atom. The molecule has 1 aromatic heterocycles. The molecule has 1 aromatic carbocycles. The van der Waals surface area contributed by atoms with E-state index in [0.29, 0.717) is 0 Å². The molecule has 0 amide bonds. The predicted molar refractivity (Wildman–Crippen MR) is 71.6 cm³/mol. The third kappa shape index (κ3) is 2.61. The van der Waals surface area contributed by atoms with E-state index >= 15 is 0 Å². The number of benzene rings is 1. The largest absolute Gasteiger partial charge is 0.346 e. The Hall–Kier alpha value is -1.49. The highest BCUT2D eigenvalue weighted by Crippen LogP contribution is 2.22. The van der Waals surface area contributed by atoms with Crippen LogP contribution in [0.4, 0.5) is 5.69 Å². The lowest BCUT2D eigenvalue weighted by Crippen LogP contribution is -1.99. The van der Waals surface area contributed by atoms with E-state index in [9.17, 15) is 10.1 Å². The average molecular weight is 250 g/mol. The first-order chi connectivity index (χ1) is 8.22. The molecular weight excluding hydrogens is 236 g/mol. The molecule has 0 unspecified atom stereocenters. The van der Waals surface area contributed by atoms with Gasteiger partial charge in [0.1, 0.15) is 0 Å². The fourth-order valence-electron chi connectivity index (χ4n) is 1.79. The fourth-order valence-corrected chi connectivity index (χ4v) is 2.40. The van der Waals surface area contributed by atoms with Gasteiger partial charge in [0.2, 0.25) is 0 Å². The number of nitro groups is 1. The summed E-state index contributed by atoms with van der Waals surface area (Å²) >= 11 is 1.87. The van der Waals surface area contributed by atoms with Crippen molar-refractivity contribution in [1.29, 1.82) is 0 Å². The Balaban J connectivity index is 2.30. The van der Waals surface area contributed by atoms with E-state index in [1.807, 2.05) is 24.0 Å². The third-order valence-electron chi connectivity index (χ3n) is 2.65. The van der Waals surface area contributed by atoms with Crippen LogP contribution in [0.2, 0.25) is 0 Å². The molecule has 17 heavy (non-hydrogen) atoms. The Kier molecular flexibility index (Phi) is 3.68. The molecule has 0 fully saturated rings. The van der Waals surface area contributed by atoms with Crippen LogP contribution in [0.3, 0.4) is 0 Å². The minimum Gasteiger partial charge on any atom is -0.346 e. The fraction of sp³-hybridized carbons (Fsp3) is 0.333. The first kappa shape index (κ1) is 12.0. The summed E-state index contributed by atoms with van der Waals surface area (Å²) in [6, 6.07) is 6.99. The maximum absolute atomic E-state index is 10.7. The minimum atomic E-state index is -0.350. The van der Waals surface area contributed by atoms with Gasteiger partial charge in [-0.25, -0.2) is 0 Å². The van der Waals surface area contributed by atoms with Crippen LogP contribution in [0.15, 0.2) is 30.5 Å². The molecule has 0 spiro atoms. The number of non-ortho nitro benzene ring substituents is 1. The lowest BCUT2D eigenvalue weighted by molar-refractivity contribution is -0.384. The van der Waals surface area contributed by atoms with Crippen molar-refractivity contribution in [2.24, 2.45) is 0 Å². The number of nitro benzene ring substituents is 1. The van der Waals surface area contributed by atoms with Gasteiger partial charge in [0.15, 0.2) is 0 Å². The van der Waals surface area contributed by atoms with E-state index in [1.165, 1.54) is 0 Å². The van der Waals surface area contributed by atoms with Gasteiger partial charge in [0.05, 0.1) is 10.4 Å². The maximum atomic E-state index is 10.7. The molecule has 2 rings (SSSR count). The molecule has 5 heteroatoms. The molecule has 0 atom stereocenters. The van der Waals surface area contributed by atoms with E-state index < -0.39 is 0 Å². The van der Waals surface area contributed by atoms with Gasteiger partial charge in [-0.05, 0) is 17.9 Å². The molecule has 1 heterocycles. The van der Waals surface area contributed by atoms with Crippen LogP contribution < -0.4 is 0 Å². The van der Waals surface area contributed by atoms with E-state index in [0.717, 1.165) is 29.0 Å². The maximum Gasteiger partial charge on any atom is 0.271 e. The molecule has 0 aliphatic rings. The van der Waals surface area contributed by atoms with Gasteiger partial charge < -0.3 is 4.57 Å². The highest BCUT2D eigenvalue weighted by Gasteiger charge is 2.08. The van der Waals surface area contributed by atoms with Crippen molar-refractivity contribution in [2.45, 2.75) is 13.5 Å². The van der Waals surface area contributed by atoms with Gasteiger partial charge in [-0.2, -0.15) is 11.8 Å². The lowest BCUT2D eigenvalue weighted by Gasteiger charge is -2.04. The lowest BCUT2D eigenvalue weighted by atomic mass is 10.2. The normalized spacial score (nSPS) is 10.9. The van der Waals surface area contributed by atoms with E-state index in [-0.39, 0.29) is 10.6 Å². The quantitative estimate of drug-likeness (QED) is 0.464. The monoisotopic (exact) mass is 250 g/mol. The van der Waals surface area contributed by atoms with Crippen molar-refractivity contribution < 1.29 is 4.92 Å². The van der Waals surface area contributed by atoms with E-state index in [2.05, 4.69) is 11.5 Å².